The first-order valence-electron chi connectivity index (χ1n) is 11.0. The Hall–Kier alpha value is -1.75. The molecule has 0 bridgehead atoms. The lowest BCUT2D eigenvalue weighted by Crippen LogP contribution is -2.53. The predicted molar refractivity (Wildman–Crippen MR) is 113 cm³/mol. The van der Waals surface area contributed by atoms with Crippen molar-refractivity contribution < 1.29 is 14.3 Å². The summed E-state index contributed by atoms with van der Waals surface area (Å²) >= 11 is 6.09. The predicted octanol–water partition coefficient (Wildman–Crippen LogP) is 4.38. The van der Waals surface area contributed by atoms with Gasteiger partial charge >= 0.3 is 0 Å². The van der Waals surface area contributed by atoms with Gasteiger partial charge in [0.05, 0.1) is 12.7 Å². The smallest absolute Gasteiger partial charge is 0.257 e. The van der Waals surface area contributed by atoms with Crippen molar-refractivity contribution in [3.8, 4) is 5.75 Å². The van der Waals surface area contributed by atoms with Gasteiger partial charge in [-0.25, -0.2) is 0 Å². The summed E-state index contributed by atoms with van der Waals surface area (Å²) in [5.74, 6) is 1.54. The molecular weight excluding hydrogens is 388 g/mol. The van der Waals surface area contributed by atoms with Crippen LogP contribution in [0, 0.1) is 11.8 Å². The fourth-order valence-electron chi connectivity index (χ4n) is 5.48. The van der Waals surface area contributed by atoms with Gasteiger partial charge in [-0.15, -0.1) is 0 Å². The average Bonchev–Trinajstić information content (AvgIpc) is 2.78. The van der Waals surface area contributed by atoms with E-state index in [4.69, 9.17) is 16.3 Å². The van der Waals surface area contributed by atoms with Gasteiger partial charge in [0.1, 0.15) is 5.75 Å². The molecule has 1 aromatic carbocycles. The first-order valence-corrected chi connectivity index (χ1v) is 11.4. The van der Waals surface area contributed by atoms with E-state index in [0.717, 1.165) is 25.8 Å². The zero-order chi connectivity index (χ0) is 20.4. The fraction of sp³-hybridized carbons (Fsp3) is 0.652. The third-order valence-corrected chi connectivity index (χ3v) is 7.28. The van der Waals surface area contributed by atoms with Crippen LogP contribution in [0.5, 0.6) is 5.75 Å². The Morgan fingerprint density at radius 2 is 1.72 bits per heavy atom. The van der Waals surface area contributed by atoms with Crippen molar-refractivity contribution in [3.05, 3.63) is 28.8 Å². The second-order valence-corrected chi connectivity index (χ2v) is 9.13. The number of hydrogen-bond donors (Lipinski definition) is 0. The summed E-state index contributed by atoms with van der Waals surface area (Å²) in [6.45, 7) is 2.12. The van der Waals surface area contributed by atoms with Gasteiger partial charge in [0.15, 0.2) is 0 Å². The van der Waals surface area contributed by atoms with Crippen molar-refractivity contribution in [2.24, 2.45) is 11.8 Å². The Morgan fingerprint density at radius 3 is 2.48 bits per heavy atom. The number of rotatable bonds is 3. The number of ether oxygens (including phenoxy) is 1. The van der Waals surface area contributed by atoms with Gasteiger partial charge in [-0.3, -0.25) is 9.59 Å². The first kappa shape index (κ1) is 20.5. The summed E-state index contributed by atoms with van der Waals surface area (Å²) in [6, 6.07) is 5.57. The molecule has 29 heavy (non-hydrogen) atoms. The molecule has 1 aliphatic carbocycles. The lowest BCUT2D eigenvalue weighted by molar-refractivity contribution is -0.143. The number of piperidine rings is 2. The molecule has 0 spiro atoms. The molecule has 0 N–H and O–H groups in total. The fourth-order valence-corrected chi connectivity index (χ4v) is 5.65. The standard InChI is InChI=1S/C23H31ClN2O3/c1-29-21-9-8-18(24)15-19(21)23(28)25-13-10-17(11-14-25)22(27)26-12-4-6-16-5-2-3-7-20(16)26/h8-9,15-17,20H,2-7,10-14H2,1H3. The summed E-state index contributed by atoms with van der Waals surface area (Å²) in [5.41, 5.74) is 0.492. The van der Waals surface area contributed by atoms with Crippen molar-refractivity contribution in [3.63, 3.8) is 0 Å². The molecule has 2 unspecified atom stereocenters. The van der Waals surface area contributed by atoms with Crippen LogP contribution in [0.1, 0.15) is 61.7 Å². The molecule has 6 heteroatoms. The summed E-state index contributed by atoms with van der Waals surface area (Å²) in [5, 5.41) is 0.520. The van der Waals surface area contributed by atoms with E-state index in [-0.39, 0.29) is 11.8 Å². The molecule has 2 atom stereocenters. The Balaban J connectivity index is 1.38. The summed E-state index contributed by atoms with van der Waals surface area (Å²) < 4.78 is 5.33. The zero-order valence-electron chi connectivity index (χ0n) is 17.2. The van der Waals surface area contributed by atoms with Crippen molar-refractivity contribution in [1.82, 2.24) is 9.80 Å². The van der Waals surface area contributed by atoms with Crippen LogP contribution < -0.4 is 4.74 Å². The monoisotopic (exact) mass is 418 g/mol. The van der Waals surface area contributed by atoms with Gasteiger partial charge in [-0.2, -0.15) is 0 Å². The molecule has 0 aromatic heterocycles. The van der Waals surface area contributed by atoms with Gasteiger partial charge in [-0.05, 0) is 62.6 Å². The largest absolute Gasteiger partial charge is 0.496 e. The first-order chi connectivity index (χ1) is 14.1. The topological polar surface area (TPSA) is 49.9 Å². The van der Waals surface area contributed by atoms with Gasteiger partial charge in [-0.1, -0.05) is 24.4 Å². The highest BCUT2D eigenvalue weighted by atomic mass is 35.5. The Bertz CT molecular complexity index is 758. The number of benzene rings is 1. The lowest BCUT2D eigenvalue weighted by Gasteiger charge is -2.46. The maximum absolute atomic E-state index is 13.3. The van der Waals surface area contributed by atoms with E-state index in [0.29, 0.717) is 47.3 Å². The Kier molecular flexibility index (Phi) is 6.33. The Labute approximate surface area is 178 Å². The third-order valence-electron chi connectivity index (χ3n) is 7.05. The molecule has 0 radical (unpaired) electrons. The summed E-state index contributed by atoms with van der Waals surface area (Å²) in [4.78, 5) is 30.3. The van der Waals surface area contributed by atoms with Crippen molar-refractivity contribution >= 4 is 23.4 Å². The zero-order valence-corrected chi connectivity index (χ0v) is 18.0. The minimum atomic E-state index is -0.0689. The number of amides is 2. The number of carbonyl (C=O) groups is 2. The third kappa shape index (κ3) is 4.25. The second kappa shape index (κ2) is 8.95. The number of methoxy groups -OCH3 is 1. The SMILES string of the molecule is COc1ccc(Cl)cc1C(=O)N1CCC(C(=O)N2CCCC3CCCCC32)CC1. The number of likely N-dealkylation sites (tertiary alicyclic amines) is 2. The molecular formula is C23H31ClN2O3. The van der Waals surface area contributed by atoms with E-state index in [1.165, 1.54) is 32.1 Å². The number of carbonyl (C=O) groups excluding carboxylic acids is 2. The summed E-state index contributed by atoms with van der Waals surface area (Å²) in [7, 11) is 1.56. The molecule has 3 fully saturated rings. The maximum Gasteiger partial charge on any atom is 0.257 e. The quantitative estimate of drug-likeness (QED) is 0.731. The molecule has 3 aliphatic rings. The molecule has 2 aliphatic heterocycles. The maximum atomic E-state index is 13.3. The number of halogens is 1. The highest BCUT2D eigenvalue weighted by Crippen LogP contribution is 2.37. The molecule has 158 valence electrons. The molecule has 4 rings (SSSR count). The van der Waals surface area contributed by atoms with E-state index in [2.05, 4.69) is 4.90 Å². The van der Waals surface area contributed by atoms with Crippen molar-refractivity contribution in [2.75, 3.05) is 26.7 Å². The molecule has 5 nitrogen and oxygen atoms in total. The average molecular weight is 419 g/mol. The van der Waals surface area contributed by atoms with Crippen LogP contribution in [0.2, 0.25) is 5.02 Å². The number of nitrogens with zero attached hydrogens (tertiary/aromatic N) is 2. The Morgan fingerprint density at radius 1 is 1.00 bits per heavy atom. The normalized spacial score (nSPS) is 25.4. The van der Waals surface area contributed by atoms with Gasteiger partial charge in [0.2, 0.25) is 5.91 Å². The van der Waals surface area contributed by atoms with Crippen LogP contribution >= 0.6 is 11.6 Å². The molecule has 2 saturated heterocycles. The van der Waals surface area contributed by atoms with Crippen LogP contribution in [0.4, 0.5) is 0 Å². The van der Waals surface area contributed by atoms with E-state index in [1.807, 2.05) is 4.90 Å². The van der Waals surface area contributed by atoms with Crippen LogP contribution in [0.3, 0.4) is 0 Å². The molecule has 1 saturated carbocycles. The van der Waals surface area contributed by atoms with Crippen molar-refractivity contribution in [1.29, 1.82) is 0 Å². The van der Waals surface area contributed by atoms with Gasteiger partial charge in [0.25, 0.3) is 5.91 Å². The second-order valence-electron chi connectivity index (χ2n) is 8.70. The number of fused-ring (bicyclic) bond motifs is 1. The minimum absolute atomic E-state index is 0.0426. The van der Waals surface area contributed by atoms with Crippen LogP contribution in [-0.4, -0.2) is 54.4 Å². The van der Waals surface area contributed by atoms with Crippen LogP contribution in [-0.2, 0) is 4.79 Å². The minimum Gasteiger partial charge on any atom is -0.496 e. The van der Waals surface area contributed by atoms with E-state index < -0.39 is 0 Å². The lowest BCUT2D eigenvalue weighted by atomic mass is 9.77. The molecule has 1 aromatic rings. The van der Waals surface area contributed by atoms with Gasteiger partial charge < -0.3 is 14.5 Å². The number of hydrogen-bond acceptors (Lipinski definition) is 3. The van der Waals surface area contributed by atoms with Crippen molar-refractivity contribution in [2.45, 2.75) is 57.4 Å². The summed E-state index contributed by atoms with van der Waals surface area (Å²) in [6.07, 6.45) is 8.91. The molecule has 2 heterocycles. The highest BCUT2D eigenvalue weighted by Gasteiger charge is 2.39. The van der Waals surface area contributed by atoms with E-state index in [9.17, 15) is 9.59 Å². The highest BCUT2D eigenvalue weighted by molar-refractivity contribution is 6.31. The van der Waals surface area contributed by atoms with E-state index in [1.54, 1.807) is 25.3 Å². The molecule has 2 amide bonds. The van der Waals surface area contributed by atoms with E-state index >= 15 is 0 Å². The van der Waals surface area contributed by atoms with Gasteiger partial charge in [0, 0.05) is 36.6 Å². The van der Waals surface area contributed by atoms with Crippen LogP contribution in [0.25, 0.3) is 0 Å². The van der Waals surface area contributed by atoms with Crippen LogP contribution in [0.15, 0.2) is 18.2 Å².